The Labute approximate surface area is 231 Å². The van der Waals surface area contributed by atoms with Gasteiger partial charge in [0.25, 0.3) is 5.89 Å². The number of methoxy groups -OCH3 is 1. The maximum Gasteiger partial charge on any atom is 0.263 e. The number of nitrogens with one attached hydrogen (secondary N) is 2. The fourth-order valence-electron chi connectivity index (χ4n) is 4.62. The van der Waals surface area contributed by atoms with Gasteiger partial charge in [-0.15, -0.1) is 0 Å². The quantitative estimate of drug-likeness (QED) is 0.160. The number of benzene rings is 1. The lowest BCUT2D eigenvalue weighted by Crippen LogP contribution is -2.32. The van der Waals surface area contributed by atoms with Crippen molar-refractivity contribution in [2.24, 2.45) is 0 Å². The second-order valence-corrected chi connectivity index (χ2v) is 9.56. The van der Waals surface area contributed by atoms with Crippen molar-refractivity contribution < 1.29 is 18.7 Å². The van der Waals surface area contributed by atoms with Gasteiger partial charge in [-0.25, -0.2) is 9.97 Å². The van der Waals surface area contributed by atoms with Gasteiger partial charge in [-0.2, -0.15) is 5.10 Å². The second kappa shape index (κ2) is 12.4. The van der Waals surface area contributed by atoms with Crippen LogP contribution >= 0.6 is 0 Å². The first-order valence-corrected chi connectivity index (χ1v) is 13.2. The van der Waals surface area contributed by atoms with E-state index in [4.69, 9.17) is 9.15 Å². The highest BCUT2D eigenvalue weighted by molar-refractivity contribution is 5.91. The molecule has 0 saturated carbocycles. The molecule has 4 aromatic heterocycles. The predicted molar refractivity (Wildman–Crippen MR) is 148 cm³/mol. The number of carbonyl (C=O) groups excluding carboxylic acids is 2. The Morgan fingerprint density at radius 2 is 2.05 bits per heavy atom. The minimum absolute atomic E-state index is 0.104. The zero-order chi connectivity index (χ0) is 27.9. The smallest absolute Gasteiger partial charge is 0.263 e. The van der Waals surface area contributed by atoms with Crippen LogP contribution in [0.25, 0.3) is 22.2 Å². The van der Waals surface area contributed by atoms with E-state index >= 15 is 0 Å². The number of rotatable bonds is 13. The maximum atomic E-state index is 12.9. The van der Waals surface area contributed by atoms with Crippen LogP contribution in [0.4, 0.5) is 0 Å². The molecule has 11 nitrogen and oxygen atoms in total. The van der Waals surface area contributed by atoms with E-state index in [-0.39, 0.29) is 30.2 Å². The molecule has 0 unspecified atom stereocenters. The molecule has 0 aliphatic heterocycles. The SMILES string of the molecule is COc1cc2nc(C)ccc2cc1-c1cnc([C@H](CCCCCC(=O)c2ncco2)NC(=O)Cn2cccn2)[nH]1. The molecule has 0 aliphatic carbocycles. The molecule has 5 aromatic rings. The second-order valence-electron chi connectivity index (χ2n) is 9.56. The Morgan fingerprint density at radius 3 is 2.83 bits per heavy atom. The average Bonchev–Trinajstić information content (AvgIpc) is 3.74. The van der Waals surface area contributed by atoms with E-state index in [0.717, 1.165) is 40.7 Å². The topological polar surface area (TPSA) is 141 Å². The molecule has 0 spiro atoms. The summed E-state index contributed by atoms with van der Waals surface area (Å²) in [5.41, 5.74) is 3.41. The van der Waals surface area contributed by atoms with Crippen LogP contribution in [0.1, 0.15) is 60.3 Å². The van der Waals surface area contributed by atoms with Crippen molar-refractivity contribution in [1.29, 1.82) is 0 Å². The summed E-state index contributed by atoms with van der Waals surface area (Å²) in [4.78, 5) is 41.6. The fraction of sp³-hybridized carbons (Fsp3) is 0.310. The van der Waals surface area contributed by atoms with Crippen molar-refractivity contribution in [3.8, 4) is 17.0 Å². The summed E-state index contributed by atoms with van der Waals surface area (Å²) in [6, 6.07) is 9.37. The van der Waals surface area contributed by atoms with Crippen LogP contribution in [0, 0.1) is 6.92 Å². The van der Waals surface area contributed by atoms with E-state index in [1.165, 1.54) is 12.5 Å². The third-order valence-electron chi connectivity index (χ3n) is 6.63. The van der Waals surface area contributed by atoms with Crippen LogP contribution in [0.15, 0.2) is 65.8 Å². The van der Waals surface area contributed by atoms with Gasteiger partial charge in [0.05, 0.1) is 36.8 Å². The molecule has 0 saturated heterocycles. The number of nitrogens with zero attached hydrogens (tertiary/aromatic N) is 5. The number of hydrogen-bond acceptors (Lipinski definition) is 8. The van der Waals surface area contributed by atoms with Gasteiger partial charge in [-0.1, -0.05) is 18.9 Å². The number of unbranched alkanes of at least 4 members (excludes halogenated alkanes) is 2. The Morgan fingerprint density at radius 1 is 1.15 bits per heavy atom. The van der Waals surface area contributed by atoms with E-state index in [0.29, 0.717) is 30.8 Å². The third-order valence-corrected chi connectivity index (χ3v) is 6.63. The average molecular weight is 542 g/mol. The zero-order valence-electron chi connectivity index (χ0n) is 22.5. The summed E-state index contributed by atoms with van der Waals surface area (Å²) >= 11 is 0. The van der Waals surface area contributed by atoms with Crippen molar-refractivity contribution in [3.05, 3.63) is 78.8 Å². The van der Waals surface area contributed by atoms with Gasteiger partial charge in [-0.05, 0) is 38.0 Å². The number of ether oxygens (including phenoxy) is 1. The summed E-state index contributed by atoms with van der Waals surface area (Å²) in [7, 11) is 1.63. The molecular weight excluding hydrogens is 510 g/mol. The fourth-order valence-corrected chi connectivity index (χ4v) is 4.62. The van der Waals surface area contributed by atoms with Crippen LogP contribution in [-0.2, 0) is 11.3 Å². The molecule has 2 N–H and O–H groups in total. The minimum Gasteiger partial charge on any atom is -0.496 e. The lowest BCUT2D eigenvalue weighted by atomic mass is 10.0. The summed E-state index contributed by atoms with van der Waals surface area (Å²) in [5.74, 6) is 1.18. The van der Waals surface area contributed by atoms with Crippen molar-refractivity contribution >= 4 is 22.6 Å². The van der Waals surface area contributed by atoms with Gasteiger partial charge >= 0.3 is 0 Å². The van der Waals surface area contributed by atoms with E-state index < -0.39 is 0 Å². The van der Waals surface area contributed by atoms with Gasteiger partial charge in [0.2, 0.25) is 11.7 Å². The van der Waals surface area contributed by atoms with Crippen LogP contribution < -0.4 is 10.1 Å². The number of ketones is 1. The number of hydrogen-bond donors (Lipinski definition) is 2. The first kappa shape index (κ1) is 26.8. The molecule has 0 aliphatic rings. The number of aromatic amines is 1. The molecule has 0 radical (unpaired) electrons. The van der Waals surface area contributed by atoms with Crippen LogP contribution in [0.2, 0.25) is 0 Å². The van der Waals surface area contributed by atoms with E-state index in [1.807, 2.05) is 31.2 Å². The van der Waals surface area contributed by atoms with E-state index in [9.17, 15) is 9.59 Å². The van der Waals surface area contributed by atoms with Gasteiger partial charge < -0.3 is 19.5 Å². The van der Waals surface area contributed by atoms with Gasteiger partial charge in [0, 0.05) is 41.5 Å². The number of aryl methyl sites for hydroxylation is 1. The number of oxazole rings is 1. The summed E-state index contributed by atoms with van der Waals surface area (Å²) in [6.45, 7) is 2.06. The Balaban J connectivity index is 1.30. The van der Waals surface area contributed by atoms with Crippen LogP contribution in [0.3, 0.4) is 0 Å². The number of amides is 1. The zero-order valence-corrected chi connectivity index (χ0v) is 22.5. The molecule has 1 aromatic carbocycles. The highest BCUT2D eigenvalue weighted by atomic mass is 16.5. The molecule has 1 atom stereocenters. The van der Waals surface area contributed by atoms with E-state index in [2.05, 4.69) is 30.4 Å². The van der Waals surface area contributed by atoms with Crippen LogP contribution in [0.5, 0.6) is 5.75 Å². The molecule has 5 rings (SSSR count). The molecular formula is C29H31N7O4. The van der Waals surface area contributed by atoms with Gasteiger partial charge in [0.15, 0.2) is 0 Å². The van der Waals surface area contributed by atoms with Gasteiger partial charge in [0.1, 0.15) is 24.4 Å². The maximum absolute atomic E-state index is 12.9. The van der Waals surface area contributed by atoms with Crippen molar-refractivity contribution in [2.75, 3.05) is 7.11 Å². The largest absolute Gasteiger partial charge is 0.496 e. The van der Waals surface area contributed by atoms with Crippen LogP contribution in [-0.4, -0.2) is 48.5 Å². The predicted octanol–water partition coefficient (Wildman–Crippen LogP) is 4.82. The Kier molecular flexibility index (Phi) is 8.29. The summed E-state index contributed by atoms with van der Waals surface area (Å²) in [6.07, 6.45) is 11.3. The first-order valence-electron chi connectivity index (χ1n) is 13.2. The third kappa shape index (κ3) is 6.42. The molecule has 206 valence electrons. The van der Waals surface area contributed by atoms with Crippen molar-refractivity contribution in [3.63, 3.8) is 0 Å². The molecule has 4 heterocycles. The first-order chi connectivity index (χ1) is 19.5. The Bertz CT molecular complexity index is 1580. The molecule has 11 heteroatoms. The highest BCUT2D eigenvalue weighted by Gasteiger charge is 2.20. The van der Waals surface area contributed by atoms with E-state index in [1.54, 1.807) is 36.4 Å². The number of Topliss-reactive ketones (excluding diaryl/α,β-unsaturated/α-hetero) is 1. The lowest BCUT2D eigenvalue weighted by Gasteiger charge is -2.17. The monoisotopic (exact) mass is 541 g/mol. The lowest BCUT2D eigenvalue weighted by molar-refractivity contribution is -0.122. The normalized spacial score (nSPS) is 11.9. The number of fused-ring (bicyclic) bond motifs is 1. The van der Waals surface area contributed by atoms with Crippen molar-refractivity contribution in [2.45, 2.75) is 51.6 Å². The number of aromatic nitrogens is 6. The molecule has 40 heavy (non-hydrogen) atoms. The number of imidazole rings is 1. The van der Waals surface area contributed by atoms with Gasteiger partial charge in [-0.3, -0.25) is 19.3 Å². The standard InChI is InChI=1S/C29H31N7O4/c1-19-9-10-20-15-21(26(39-2)16-23(20)33-19)24-17-31-28(35-24)22(34-27(38)18-36-13-6-11-32-36)7-4-3-5-8-25(37)29-30-12-14-40-29/h6,9-17,22H,3-5,7-8,18H2,1-2H3,(H,31,35)(H,34,38)/t22-/m0/s1. The number of H-pyrrole nitrogens is 1. The van der Waals surface area contributed by atoms with Crippen molar-refractivity contribution in [1.82, 2.24) is 35.0 Å². The Hall–Kier alpha value is -4.80. The molecule has 0 fully saturated rings. The highest BCUT2D eigenvalue weighted by Crippen LogP contribution is 2.33. The minimum atomic E-state index is -0.352. The molecule has 1 amide bonds. The molecule has 0 bridgehead atoms. The summed E-state index contributed by atoms with van der Waals surface area (Å²) < 4.78 is 12.3. The summed E-state index contributed by atoms with van der Waals surface area (Å²) in [5, 5.41) is 8.21. The number of carbonyl (C=O) groups is 2. The number of pyridine rings is 1.